The SMILES string of the molecule is C[C@@H]1O[C@H](Oc2ccc([N+](=O)[O-])cc2)[C@@H](OC(=O)C2C(=O)OC2Cc2ccccc2)[C@H](O)[C@@H]1O. The molecule has 2 heterocycles. The number of hydrogen-bond acceptors (Lipinski definition) is 10. The van der Waals surface area contributed by atoms with Gasteiger partial charge < -0.3 is 29.2 Å². The fourth-order valence-electron chi connectivity index (χ4n) is 3.83. The molecule has 0 aliphatic carbocycles. The summed E-state index contributed by atoms with van der Waals surface area (Å²) in [6, 6.07) is 14.2. The average molecular weight is 473 g/mol. The number of aliphatic hydroxyl groups excluding tert-OH is 2. The number of non-ortho nitro benzene ring substituents is 1. The minimum absolute atomic E-state index is 0.150. The number of benzene rings is 2. The number of carbonyl (C=O) groups excluding carboxylic acids is 2. The molecule has 2 saturated heterocycles. The standard InChI is InChI=1S/C23H23NO10/c1-12-18(25)19(26)20(23(31-12)32-15-9-7-14(8-10-15)24(29)30)34-22(28)17-16(33-21(17)27)11-13-5-3-2-4-6-13/h2-10,12,16-20,23,25-26H,11H2,1H3/t12-,16?,17?,18+,19+,20-,23+/m0/s1. The first-order valence-electron chi connectivity index (χ1n) is 10.6. The van der Waals surface area contributed by atoms with Gasteiger partial charge in [0, 0.05) is 18.6 Å². The van der Waals surface area contributed by atoms with Crippen molar-refractivity contribution < 1.29 is 43.7 Å². The van der Waals surface area contributed by atoms with Crippen molar-refractivity contribution in [2.24, 2.45) is 5.92 Å². The van der Waals surface area contributed by atoms with Gasteiger partial charge in [-0.25, -0.2) is 0 Å². The van der Waals surface area contributed by atoms with Crippen molar-refractivity contribution in [2.75, 3.05) is 0 Å². The lowest BCUT2D eigenvalue weighted by atomic mass is 9.91. The number of carbonyl (C=O) groups is 2. The summed E-state index contributed by atoms with van der Waals surface area (Å²) >= 11 is 0. The summed E-state index contributed by atoms with van der Waals surface area (Å²) in [5.74, 6) is -2.75. The van der Waals surface area contributed by atoms with Gasteiger partial charge >= 0.3 is 11.9 Å². The van der Waals surface area contributed by atoms with Crippen molar-refractivity contribution in [1.82, 2.24) is 0 Å². The Bertz CT molecular complexity index is 1040. The highest BCUT2D eigenvalue weighted by Crippen LogP contribution is 2.31. The second-order valence-corrected chi connectivity index (χ2v) is 8.10. The van der Waals surface area contributed by atoms with Crippen LogP contribution in [0.3, 0.4) is 0 Å². The number of nitro benzene ring substituents is 1. The van der Waals surface area contributed by atoms with Crippen molar-refractivity contribution in [3.05, 3.63) is 70.3 Å². The lowest BCUT2D eigenvalue weighted by molar-refractivity contribution is -0.384. The normalized spacial score (nSPS) is 30.6. The molecule has 0 amide bonds. The molecule has 0 bridgehead atoms. The molecule has 0 spiro atoms. The van der Waals surface area contributed by atoms with E-state index < -0.39 is 59.6 Å². The first-order chi connectivity index (χ1) is 16.2. The van der Waals surface area contributed by atoms with E-state index in [1.54, 1.807) is 0 Å². The topological polar surface area (TPSA) is 155 Å². The molecular weight excluding hydrogens is 450 g/mol. The van der Waals surface area contributed by atoms with E-state index in [4.69, 9.17) is 18.9 Å². The Morgan fingerprint density at radius 2 is 1.76 bits per heavy atom. The second kappa shape index (κ2) is 9.75. The summed E-state index contributed by atoms with van der Waals surface area (Å²) in [5.41, 5.74) is 0.708. The molecule has 7 atom stereocenters. The number of hydrogen-bond donors (Lipinski definition) is 2. The Hall–Kier alpha value is -3.54. The summed E-state index contributed by atoms with van der Waals surface area (Å²) in [4.78, 5) is 35.1. The van der Waals surface area contributed by atoms with Gasteiger partial charge in [-0.05, 0) is 24.6 Å². The van der Waals surface area contributed by atoms with Crippen LogP contribution in [0.5, 0.6) is 5.75 Å². The fraction of sp³-hybridized carbons (Fsp3) is 0.391. The fourth-order valence-corrected chi connectivity index (χ4v) is 3.83. The molecular formula is C23H23NO10. The zero-order valence-electron chi connectivity index (χ0n) is 18.1. The highest BCUT2D eigenvalue weighted by molar-refractivity contribution is 5.99. The van der Waals surface area contributed by atoms with Gasteiger partial charge in [-0.1, -0.05) is 30.3 Å². The predicted octanol–water partition coefficient (Wildman–Crippen LogP) is 1.14. The minimum Gasteiger partial charge on any atom is -0.461 e. The largest absolute Gasteiger partial charge is 0.461 e. The van der Waals surface area contributed by atoms with Crippen LogP contribution in [-0.2, 0) is 30.2 Å². The summed E-state index contributed by atoms with van der Waals surface area (Å²) in [6.07, 6.45) is -7.07. The molecule has 34 heavy (non-hydrogen) atoms. The van der Waals surface area contributed by atoms with E-state index in [1.165, 1.54) is 31.2 Å². The molecule has 11 heteroatoms. The van der Waals surface area contributed by atoms with E-state index in [1.807, 2.05) is 30.3 Å². The van der Waals surface area contributed by atoms with Gasteiger partial charge in [-0.15, -0.1) is 0 Å². The van der Waals surface area contributed by atoms with Crippen LogP contribution in [0.15, 0.2) is 54.6 Å². The molecule has 11 nitrogen and oxygen atoms in total. The lowest BCUT2D eigenvalue weighted by Crippen LogP contribution is -2.61. The van der Waals surface area contributed by atoms with Gasteiger partial charge in [0.25, 0.3) is 5.69 Å². The maximum atomic E-state index is 12.9. The van der Waals surface area contributed by atoms with Crippen LogP contribution in [0.4, 0.5) is 5.69 Å². The van der Waals surface area contributed by atoms with Crippen LogP contribution >= 0.6 is 0 Å². The van der Waals surface area contributed by atoms with Gasteiger partial charge in [0.2, 0.25) is 6.29 Å². The second-order valence-electron chi connectivity index (χ2n) is 8.10. The van der Waals surface area contributed by atoms with E-state index >= 15 is 0 Å². The van der Waals surface area contributed by atoms with Crippen LogP contribution in [0, 0.1) is 16.0 Å². The van der Waals surface area contributed by atoms with E-state index in [9.17, 15) is 29.9 Å². The summed E-state index contributed by atoms with van der Waals surface area (Å²) in [7, 11) is 0. The first kappa shape index (κ1) is 23.6. The molecule has 0 saturated carbocycles. The molecule has 4 rings (SSSR count). The first-order valence-corrected chi connectivity index (χ1v) is 10.6. The van der Waals surface area contributed by atoms with E-state index in [0.29, 0.717) is 6.42 Å². The van der Waals surface area contributed by atoms with Crippen LogP contribution in [0.25, 0.3) is 0 Å². The smallest absolute Gasteiger partial charge is 0.324 e. The van der Waals surface area contributed by atoms with Crippen molar-refractivity contribution in [2.45, 2.75) is 50.2 Å². The Morgan fingerprint density at radius 1 is 1.09 bits per heavy atom. The Kier molecular flexibility index (Phi) is 6.77. The molecule has 2 aromatic carbocycles. The Morgan fingerprint density at radius 3 is 2.38 bits per heavy atom. The van der Waals surface area contributed by atoms with Crippen molar-refractivity contribution in [1.29, 1.82) is 0 Å². The van der Waals surface area contributed by atoms with Gasteiger partial charge in [-0.3, -0.25) is 19.7 Å². The van der Waals surface area contributed by atoms with Crippen molar-refractivity contribution in [3.63, 3.8) is 0 Å². The zero-order chi connectivity index (χ0) is 24.4. The molecule has 180 valence electrons. The number of esters is 2. The third kappa shape index (κ3) is 4.86. The monoisotopic (exact) mass is 473 g/mol. The molecule has 0 radical (unpaired) electrons. The van der Waals surface area contributed by atoms with Crippen LogP contribution < -0.4 is 4.74 Å². The van der Waals surface area contributed by atoms with Crippen LogP contribution in [-0.4, -0.2) is 63.9 Å². The summed E-state index contributed by atoms with van der Waals surface area (Å²) in [5, 5.41) is 31.6. The highest BCUT2D eigenvalue weighted by Gasteiger charge is 2.52. The maximum Gasteiger partial charge on any atom is 0.324 e. The molecule has 2 N–H and O–H groups in total. The number of aliphatic hydroxyl groups is 2. The zero-order valence-corrected chi connectivity index (χ0v) is 18.1. The molecule has 2 unspecified atom stereocenters. The molecule has 2 aliphatic rings. The number of ether oxygens (including phenoxy) is 4. The third-order valence-corrected chi connectivity index (χ3v) is 5.76. The number of rotatable bonds is 7. The Balaban J connectivity index is 1.47. The minimum atomic E-state index is -1.57. The highest BCUT2D eigenvalue weighted by atomic mass is 16.7. The van der Waals surface area contributed by atoms with E-state index in [-0.39, 0.29) is 11.4 Å². The predicted molar refractivity (Wildman–Crippen MR) is 113 cm³/mol. The maximum absolute atomic E-state index is 12.9. The number of nitrogens with zero attached hydrogens (tertiary/aromatic N) is 1. The number of nitro groups is 1. The van der Waals surface area contributed by atoms with Crippen molar-refractivity contribution >= 4 is 17.6 Å². The van der Waals surface area contributed by atoms with E-state index in [0.717, 1.165) is 5.56 Å². The third-order valence-electron chi connectivity index (χ3n) is 5.76. The number of cyclic esters (lactones) is 1. The Labute approximate surface area is 194 Å². The lowest BCUT2D eigenvalue weighted by Gasteiger charge is -2.42. The molecule has 2 fully saturated rings. The van der Waals surface area contributed by atoms with Crippen LogP contribution in [0.2, 0.25) is 0 Å². The van der Waals surface area contributed by atoms with Crippen molar-refractivity contribution in [3.8, 4) is 5.75 Å². The summed E-state index contributed by atoms with van der Waals surface area (Å²) in [6.45, 7) is 1.50. The quantitative estimate of drug-likeness (QED) is 0.259. The van der Waals surface area contributed by atoms with Crippen LogP contribution in [0.1, 0.15) is 12.5 Å². The van der Waals surface area contributed by atoms with Gasteiger partial charge in [-0.2, -0.15) is 0 Å². The molecule has 0 aromatic heterocycles. The van der Waals surface area contributed by atoms with Gasteiger partial charge in [0.05, 0.1) is 11.0 Å². The molecule has 2 aliphatic heterocycles. The van der Waals surface area contributed by atoms with Gasteiger partial charge in [0.1, 0.15) is 24.1 Å². The summed E-state index contributed by atoms with van der Waals surface area (Å²) < 4.78 is 21.8. The van der Waals surface area contributed by atoms with Gasteiger partial charge in [0.15, 0.2) is 12.0 Å². The average Bonchev–Trinajstić information content (AvgIpc) is 2.80. The molecule has 2 aromatic rings. The van der Waals surface area contributed by atoms with E-state index in [2.05, 4.69) is 0 Å².